The summed E-state index contributed by atoms with van der Waals surface area (Å²) in [6, 6.07) is 11.7. The molecule has 0 bridgehead atoms. The number of benzene rings is 1. The van der Waals surface area contributed by atoms with Crippen LogP contribution in [0.25, 0.3) is 5.69 Å². The molecule has 0 radical (unpaired) electrons. The van der Waals surface area contributed by atoms with Gasteiger partial charge in [0.25, 0.3) is 0 Å². The summed E-state index contributed by atoms with van der Waals surface area (Å²) >= 11 is 2.01. The van der Waals surface area contributed by atoms with Crippen LogP contribution in [0.1, 0.15) is 71.2 Å². The minimum atomic E-state index is -2.01. The fourth-order valence-corrected chi connectivity index (χ4v) is 23.8. The molecule has 35 heavy (non-hydrogen) atoms. The minimum absolute atomic E-state index is 0.489. The van der Waals surface area contributed by atoms with Crippen LogP contribution in [-0.4, -0.2) is 45.3 Å². The molecule has 194 valence electrons. The molecule has 0 saturated carbocycles. The van der Waals surface area contributed by atoms with E-state index < -0.39 is 14.7 Å². The number of hydrogen-bond acceptors (Lipinski definition) is 2. The molecule has 0 unspecified atom stereocenters. The molecule has 5 heteroatoms. The molecule has 4 heterocycles. The number of nitrogens with one attached hydrogen (secondary N) is 1. The second kappa shape index (κ2) is 9.62. The van der Waals surface area contributed by atoms with E-state index in [0.29, 0.717) is 6.04 Å². The van der Waals surface area contributed by atoms with Crippen LogP contribution < -0.4 is 15.7 Å². The molecule has 3 aliphatic rings. The van der Waals surface area contributed by atoms with Crippen molar-refractivity contribution in [1.82, 2.24) is 9.65 Å². The van der Waals surface area contributed by atoms with Gasteiger partial charge in [0, 0.05) is 0 Å². The summed E-state index contributed by atoms with van der Waals surface area (Å²) in [6.45, 7) is 20.4. The van der Waals surface area contributed by atoms with Crippen LogP contribution in [0.15, 0.2) is 42.2 Å². The van der Waals surface area contributed by atoms with E-state index >= 15 is 0 Å². The van der Waals surface area contributed by atoms with Crippen molar-refractivity contribution in [2.75, 3.05) is 12.0 Å². The zero-order valence-electron chi connectivity index (χ0n) is 23.1. The van der Waals surface area contributed by atoms with Crippen LogP contribution >= 0.6 is 26.4 Å². The maximum atomic E-state index is 5.10. The number of rotatable bonds is 4. The molecular weight excluding hydrogens is 482 g/mol. The second-order valence-electron chi connectivity index (χ2n) is 12.1. The number of nitrogens with zero attached hydrogens (tertiary/aromatic N) is 1. The molecule has 5 rings (SSSR count). The van der Waals surface area contributed by atoms with Gasteiger partial charge in [-0.2, -0.15) is 0 Å². The predicted octanol–water partition coefficient (Wildman–Crippen LogP) is 7.14. The predicted molar refractivity (Wildman–Crippen MR) is 167 cm³/mol. The number of aromatic nitrogens is 1. The fourth-order valence-electron chi connectivity index (χ4n) is 8.98. The van der Waals surface area contributed by atoms with Crippen molar-refractivity contribution in [1.29, 1.82) is 0 Å². The van der Waals surface area contributed by atoms with Gasteiger partial charge in [0.15, 0.2) is 0 Å². The van der Waals surface area contributed by atoms with Gasteiger partial charge in [-0.25, -0.2) is 0 Å². The number of para-hydroxylation sites is 1. The summed E-state index contributed by atoms with van der Waals surface area (Å²) in [7, 11) is -4.01. The molecule has 2 saturated heterocycles. The molecule has 3 aliphatic heterocycles. The first-order valence-corrected chi connectivity index (χ1v) is 19.7. The van der Waals surface area contributed by atoms with Gasteiger partial charge in [0.2, 0.25) is 0 Å². The third kappa shape index (κ3) is 3.55. The Balaban J connectivity index is 1.89. The van der Waals surface area contributed by atoms with Crippen LogP contribution in [0.5, 0.6) is 0 Å². The molecule has 1 aromatic carbocycles. The maximum absolute atomic E-state index is 5.10. The Morgan fingerprint density at radius 2 is 1.43 bits per heavy atom. The van der Waals surface area contributed by atoms with Crippen molar-refractivity contribution < 1.29 is 0 Å². The molecular formula is C30H48N2P2S. The van der Waals surface area contributed by atoms with Crippen LogP contribution in [0.4, 0.5) is 0 Å². The summed E-state index contributed by atoms with van der Waals surface area (Å²) in [6.07, 6.45) is 8.99. The van der Waals surface area contributed by atoms with Gasteiger partial charge in [-0.05, 0) is 0 Å². The summed E-state index contributed by atoms with van der Waals surface area (Å²) in [5.74, 6) is 1.23. The van der Waals surface area contributed by atoms with Crippen LogP contribution in [-0.2, 0) is 0 Å². The summed E-state index contributed by atoms with van der Waals surface area (Å²) in [4.78, 5) is 0. The Kier molecular flexibility index (Phi) is 7.15. The zero-order chi connectivity index (χ0) is 25.1. The van der Waals surface area contributed by atoms with Gasteiger partial charge in [-0.1, -0.05) is 0 Å². The van der Waals surface area contributed by atoms with Gasteiger partial charge in [-0.3, -0.25) is 0 Å². The molecule has 0 amide bonds. The van der Waals surface area contributed by atoms with E-state index in [9.17, 15) is 0 Å². The number of fused-ring (bicyclic) bond motifs is 3. The molecule has 1 N–H and O–H groups in total. The monoisotopic (exact) mass is 530 g/mol. The van der Waals surface area contributed by atoms with E-state index in [2.05, 4.69) is 87.8 Å². The van der Waals surface area contributed by atoms with Gasteiger partial charge < -0.3 is 0 Å². The molecule has 0 aliphatic carbocycles. The van der Waals surface area contributed by atoms with Crippen molar-refractivity contribution in [2.24, 2.45) is 0 Å². The first-order valence-electron chi connectivity index (χ1n) is 14.0. The van der Waals surface area contributed by atoms with E-state index in [1.807, 2.05) is 22.4 Å². The van der Waals surface area contributed by atoms with Gasteiger partial charge in [-0.15, -0.1) is 0 Å². The molecule has 2 nitrogen and oxygen atoms in total. The van der Waals surface area contributed by atoms with Crippen LogP contribution in [0, 0.1) is 13.8 Å². The Morgan fingerprint density at radius 3 is 2.00 bits per heavy atom. The van der Waals surface area contributed by atoms with Crippen LogP contribution in [0.2, 0.25) is 0 Å². The van der Waals surface area contributed by atoms with Gasteiger partial charge in [0.05, 0.1) is 0 Å². The normalized spacial score (nSPS) is 33.1. The summed E-state index contributed by atoms with van der Waals surface area (Å²) in [5, 5.41) is 9.92. The van der Waals surface area contributed by atoms with E-state index in [0.717, 1.165) is 22.6 Å². The average molecular weight is 531 g/mol. The van der Waals surface area contributed by atoms with E-state index in [1.165, 1.54) is 43.5 Å². The number of thioether (sulfide) groups is 1. The zero-order valence-corrected chi connectivity index (χ0v) is 25.9. The average Bonchev–Trinajstić information content (AvgIpc) is 3.37. The van der Waals surface area contributed by atoms with Crippen molar-refractivity contribution in [2.45, 2.75) is 102 Å². The van der Waals surface area contributed by atoms with Crippen molar-refractivity contribution >= 4 is 37.0 Å². The number of hydrogen-bond donors (Lipinski definition) is 1. The summed E-state index contributed by atoms with van der Waals surface area (Å²) in [5.41, 5.74) is 7.49. The van der Waals surface area contributed by atoms with Crippen molar-refractivity contribution in [3.63, 3.8) is 0 Å². The standard InChI is InChI=1S/C30H48N2P2S/c1-20-14-15-21(2)33(20)26(7)28(18-19-35-8)31-34(22(3)16-17-23(34)4)30-25(6)32(24(5)29(30)33)27-12-10-9-11-13-27/h9-13,20-23,28,31,33-34H,7,14-19H2,1-6,8H3/t20-,21-,22-,23-,28+/m1/s1. The third-order valence-corrected chi connectivity index (χ3v) is 24.0. The van der Waals surface area contributed by atoms with Gasteiger partial charge >= 0.3 is 220 Å². The first-order chi connectivity index (χ1) is 16.7. The Morgan fingerprint density at radius 1 is 0.886 bits per heavy atom. The molecule has 1 aromatic heterocycles. The Bertz CT molecular complexity index is 1090. The first kappa shape index (κ1) is 26.0. The Hall–Kier alpha value is -0.590. The molecule has 2 spiro atoms. The van der Waals surface area contributed by atoms with Crippen LogP contribution in [0.3, 0.4) is 0 Å². The third-order valence-electron chi connectivity index (χ3n) is 10.6. The SMILES string of the molecule is C=C1[C@H](CCSC)N[PH]2(c3c(c(C)n(-c4ccccc4)c3C)[PH]13[C@H](C)CC[C@H]3C)[C@H](C)CC[C@H]2C. The quantitative estimate of drug-likeness (QED) is 0.423. The second-order valence-corrected chi connectivity index (χ2v) is 22.4. The summed E-state index contributed by atoms with van der Waals surface area (Å²) < 4.78 is 2.65. The fraction of sp³-hybridized carbons (Fsp3) is 0.600. The van der Waals surface area contributed by atoms with Crippen molar-refractivity contribution in [3.05, 3.63) is 53.6 Å². The molecule has 5 atom stereocenters. The van der Waals surface area contributed by atoms with Crippen molar-refractivity contribution in [3.8, 4) is 5.69 Å². The van der Waals surface area contributed by atoms with Gasteiger partial charge in [0.1, 0.15) is 0 Å². The topological polar surface area (TPSA) is 17.0 Å². The van der Waals surface area contributed by atoms with E-state index in [-0.39, 0.29) is 0 Å². The van der Waals surface area contributed by atoms with E-state index in [4.69, 9.17) is 6.58 Å². The van der Waals surface area contributed by atoms with E-state index in [1.54, 1.807) is 16.7 Å². The molecule has 2 fully saturated rings. The molecule has 2 aromatic rings. The Labute approximate surface area is 219 Å².